The summed E-state index contributed by atoms with van der Waals surface area (Å²) in [6, 6.07) is 11.9. The number of halogens is 1. The van der Waals surface area contributed by atoms with Gasteiger partial charge in [-0.2, -0.15) is 0 Å². The minimum absolute atomic E-state index is 0. The van der Waals surface area contributed by atoms with Gasteiger partial charge in [0.2, 0.25) is 11.8 Å². The number of anilines is 2. The molecular weight excluding hydrogens is 386 g/mol. The van der Waals surface area contributed by atoms with E-state index in [0.29, 0.717) is 13.0 Å². The lowest BCUT2D eigenvalue weighted by atomic mass is 9.87. The molecule has 6 heteroatoms. The van der Waals surface area contributed by atoms with Crippen molar-refractivity contribution in [1.82, 2.24) is 5.32 Å². The molecule has 0 bridgehead atoms. The average Bonchev–Trinajstić information content (AvgIpc) is 3.02. The molecule has 0 aromatic heterocycles. The van der Waals surface area contributed by atoms with Gasteiger partial charge in [0.15, 0.2) is 0 Å². The summed E-state index contributed by atoms with van der Waals surface area (Å²) in [5.74, 6) is -0.873. The fourth-order valence-electron chi connectivity index (χ4n) is 4.54. The highest BCUT2D eigenvalue weighted by molar-refractivity contribution is 6.09. The van der Waals surface area contributed by atoms with Crippen LogP contribution in [0.15, 0.2) is 36.4 Å². The van der Waals surface area contributed by atoms with Gasteiger partial charge < -0.3 is 16.0 Å². The van der Waals surface area contributed by atoms with Gasteiger partial charge in [-0.15, -0.1) is 12.4 Å². The standard InChI is InChI=1S/C23H27N3O2.ClH/c1-14-10-15(2)12-18(11-14)26-9-8-20(23(26)28)22(27)25-21-5-3-4-16-13-17(24)6-7-19(16)21;/h6-7,10-13,20-21H,3-5,8-9,24H2,1-2H3,(H,25,27);1H. The maximum atomic E-state index is 13.0. The van der Waals surface area contributed by atoms with Crippen LogP contribution in [0.5, 0.6) is 0 Å². The second kappa shape index (κ2) is 8.46. The van der Waals surface area contributed by atoms with Crippen LogP contribution in [0.4, 0.5) is 11.4 Å². The number of amides is 2. The number of nitrogen functional groups attached to an aromatic ring is 1. The molecule has 0 saturated carbocycles. The lowest BCUT2D eigenvalue weighted by Crippen LogP contribution is -2.39. The molecular formula is C23H28ClN3O2. The Morgan fingerprint density at radius 1 is 1.10 bits per heavy atom. The molecule has 0 spiro atoms. The molecule has 2 unspecified atom stereocenters. The number of hydrogen-bond acceptors (Lipinski definition) is 3. The van der Waals surface area contributed by atoms with Crippen molar-refractivity contribution in [3.8, 4) is 0 Å². The van der Waals surface area contributed by atoms with Crippen LogP contribution in [-0.2, 0) is 16.0 Å². The van der Waals surface area contributed by atoms with Crippen LogP contribution < -0.4 is 16.0 Å². The number of aryl methyl sites for hydroxylation is 3. The van der Waals surface area contributed by atoms with Crippen molar-refractivity contribution >= 4 is 35.6 Å². The number of carbonyl (C=O) groups excluding carboxylic acids is 2. The van der Waals surface area contributed by atoms with Crippen LogP contribution in [0.3, 0.4) is 0 Å². The largest absolute Gasteiger partial charge is 0.399 e. The van der Waals surface area contributed by atoms with Crippen LogP contribution in [0.25, 0.3) is 0 Å². The highest BCUT2D eigenvalue weighted by atomic mass is 35.5. The Morgan fingerprint density at radius 2 is 1.83 bits per heavy atom. The second-order valence-corrected chi connectivity index (χ2v) is 8.09. The topological polar surface area (TPSA) is 75.4 Å². The average molecular weight is 414 g/mol. The number of fused-ring (bicyclic) bond motifs is 1. The Bertz CT molecular complexity index is 923. The van der Waals surface area contributed by atoms with Gasteiger partial charge in [-0.05, 0) is 86.1 Å². The summed E-state index contributed by atoms with van der Waals surface area (Å²) in [5.41, 5.74) is 12.1. The fourth-order valence-corrected chi connectivity index (χ4v) is 4.54. The lowest BCUT2D eigenvalue weighted by Gasteiger charge is -2.27. The number of nitrogens with one attached hydrogen (secondary N) is 1. The number of nitrogens with two attached hydrogens (primary N) is 1. The molecule has 1 fully saturated rings. The Kier molecular flexibility index (Phi) is 6.18. The molecule has 29 heavy (non-hydrogen) atoms. The SMILES string of the molecule is Cc1cc(C)cc(N2CCC(C(=O)NC3CCCc4cc(N)ccc43)C2=O)c1.Cl. The Labute approximate surface area is 178 Å². The molecule has 1 saturated heterocycles. The first kappa shape index (κ1) is 21.2. The van der Waals surface area contributed by atoms with E-state index in [9.17, 15) is 9.59 Å². The molecule has 2 amide bonds. The monoisotopic (exact) mass is 413 g/mol. The van der Waals surface area contributed by atoms with Gasteiger partial charge in [0.05, 0.1) is 6.04 Å². The highest BCUT2D eigenvalue weighted by Gasteiger charge is 2.38. The molecule has 2 aromatic rings. The van der Waals surface area contributed by atoms with E-state index in [4.69, 9.17) is 5.73 Å². The Balaban J connectivity index is 0.00000240. The van der Waals surface area contributed by atoms with Gasteiger partial charge in [-0.1, -0.05) is 12.1 Å². The third-order valence-corrected chi connectivity index (χ3v) is 5.84. The summed E-state index contributed by atoms with van der Waals surface area (Å²) >= 11 is 0. The van der Waals surface area contributed by atoms with E-state index in [1.807, 2.05) is 44.2 Å². The molecule has 1 heterocycles. The van der Waals surface area contributed by atoms with Crippen molar-refractivity contribution in [1.29, 1.82) is 0 Å². The van der Waals surface area contributed by atoms with Crippen LogP contribution in [0.2, 0.25) is 0 Å². The first-order valence-electron chi connectivity index (χ1n) is 10.0. The zero-order valence-electron chi connectivity index (χ0n) is 16.9. The van der Waals surface area contributed by atoms with Crippen molar-refractivity contribution in [3.63, 3.8) is 0 Å². The molecule has 2 atom stereocenters. The normalized spacial score (nSPS) is 20.8. The van der Waals surface area contributed by atoms with Crippen LogP contribution >= 0.6 is 12.4 Å². The van der Waals surface area contributed by atoms with E-state index in [0.717, 1.165) is 47.3 Å². The van der Waals surface area contributed by atoms with Gasteiger partial charge in [0.25, 0.3) is 0 Å². The number of carbonyl (C=O) groups is 2. The first-order chi connectivity index (χ1) is 13.4. The molecule has 1 aliphatic carbocycles. The number of rotatable bonds is 3. The third kappa shape index (κ3) is 4.25. The molecule has 154 valence electrons. The predicted molar refractivity (Wildman–Crippen MR) is 118 cm³/mol. The number of hydrogen-bond donors (Lipinski definition) is 2. The van der Waals surface area contributed by atoms with Gasteiger partial charge >= 0.3 is 0 Å². The molecule has 2 aliphatic rings. The van der Waals surface area contributed by atoms with Gasteiger partial charge in [0, 0.05) is 17.9 Å². The van der Waals surface area contributed by atoms with E-state index < -0.39 is 5.92 Å². The van der Waals surface area contributed by atoms with E-state index in [-0.39, 0.29) is 30.3 Å². The van der Waals surface area contributed by atoms with Crippen molar-refractivity contribution in [3.05, 3.63) is 58.7 Å². The minimum atomic E-state index is -0.611. The summed E-state index contributed by atoms with van der Waals surface area (Å²) in [5, 5.41) is 3.13. The summed E-state index contributed by atoms with van der Waals surface area (Å²) in [7, 11) is 0. The van der Waals surface area contributed by atoms with Crippen molar-refractivity contribution in [2.24, 2.45) is 5.92 Å². The maximum Gasteiger partial charge on any atom is 0.239 e. The molecule has 1 aliphatic heterocycles. The maximum absolute atomic E-state index is 13.0. The van der Waals surface area contributed by atoms with Crippen LogP contribution in [-0.4, -0.2) is 18.4 Å². The molecule has 3 N–H and O–H groups in total. The predicted octanol–water partition coefficient (Wildman–Crippen LogP) is 3.85. The number of benzene rings is 2. The van der Waals surface area contributed by atoms with E-state index >= 15 is 0 Å². The smallest absolute Gasteiger partial charge is 0.239 e. The highest BCUT2D eigenvalue weighted by Crippen LogP contribution is 2.32. The van der Waals surface area contributed by atoms with Crippen LogP contribution in [0.1, 0.15) is 47.6 Å². The Hall–Kier alpha value is -2.53. The van der Waals surface area contributed by atoms with Gasteiger partial charge in [-0.25, -0.2) is 0 Å². The summed E-state index contributed by atoms with van der Waals surface area (Å²) in [6.45, 7) is 4.63. The van der Waals surface area contributed by atoms with Gasteiger partial charge in [0.1, 0.15) is 5.92 Å². The zero-order chi connectivity index (χ0) is 19.8. The second-order valence-electron chi connectivity index (χ2n) is 8.09. The van der Waals surface area contributed by atoms with Crippen molar-refractivity contribution < 1.29 is 9.59 Å². The zero-order valence-corrected chi connectivity index (χ0v) is 17.7. The molecule has 2 aromatic carbocycles. The lowest BCUT2D eigenvalue weighted by molar-refractivity contribution is -0.132. The van der Waals surface area contributed by atoms with E-state index in [1.54, 1.807) is 4.90 Å². The first-order valence-corrected chi connectivity index (χ1v) is 10.0. The summed E-state index contributed by atoms with van der Waals surface area (Å²) in [4.78, 5) is 27.6. The van der Waals surface area contributed by atoms with E-state index in [1.165, 1.54) is 5.56 Å². The Morgan fingerprint density at radius 3 is 2.55 bits per heavy atom. The number of nitrogens with zero attached hydrogens (tertiary/aromatic N) is 1. The summed E-state index contributed by atoms with van der Waals surface area (Å²) in [6.07, 6.45) is 3.44. The van der Waals surface area contributed by atoms with Gasteiger partial charge in [-0.3, -0.25) is 9.59 Å². The van der Waals surface area contributed by atoms with Crippen LogP contribution in [0, 0.1) is 19.8 Å². The molecule has 5 nitrogen and oxygen atoms in total. The van der Waals surface area contributed by atoms with E-state index in [2.05, 4.69) is 11.4 Å². The third-order valence-electron chi connectivity index (χ3n) is 5.84. The fraction of sp³-hybridized carbons (Fsp3) is 0.391. The molecule has 4 rings (SSSR count). The quantitative estimate of drug-likeness (QED) is 0.592. The minimum Gasteiger partial charge on any atom is -0.399 e. The summed E-state index contributed by atoms with van der Waals surface area (Å²) < 4.78 is 0. The van der Waals surface area contributed by atoms with Crippen molar-refractivity contribution in [2.75, 3.05) is 17.2 Å². The van der Waals surface area contributed by atoms with Crippen molar-refractivity contribution in [2.45, 2.75) is 45.6 Å². The molecule has 0 radical (unpaired) electrons.